The van der Waals surface area contributed by atoms with Crippen LogP contribution in [0.2, 0.25) is 0 Å². The normalized spacial score (nSPS) is 19.7. The van der Waals surface area contributed by atoms with Gasteiger partial charge in [-0.15, -0.1) is 0 Å². The number of amides is 2. The van der Waals surface area contributed by atoms with Gasteiger partial charge in [-0.25, -0.2) is 0 Å². The molecule has 2 aliphatic rings. The van der Waals surface area contributed by atoms with Crippen LogP contribution in [0.25, 0.3) is 0 Å². The number of rotatable bonds is 7. The first-order valence-corrected chi connectivity index (χ1v) is 9.19. The number of benzene rings is 1. The van der Waals surface area contributed by atoms with E-state index in [9.17, 15) is 9.59 Å². The van der Waals surface area contributed by atoms with Crippen molar-refractivity contribution in [2.45, 2.75) is 50.7 Å². The Morgan fingerprint density at radius 1 is 1.26 bits per heavy atom. The first-order chi connectivity index (χ1) is 13.1. The third-order valence-corrected chi connectivity index (χ3v) is 4.78. The number of primary amides is 1. The lowest BCUT2D eigenvalue weighted by atomic mass is 9.95. The molecule has 27 heavy (non-hydrogen) atoms. The van der Waals surface area contributed by atoms with Crippen molar-refractivity contribution in [3.05, 3.63) is 23.8 Å². The number of nitrogens with zero attached hydrogens (tertiary/aromatic N) is 1. The predicted molar refractivity (Wildman–Crippen MR) is 98.7 cm³/mol. The number of hydrogen-bond donors (Lipinski definition) is 2. The molecule has 0 radical (unpaired) electrons. The van der Waals surface area contributed by atoms with Gasteiger partial charge in [0.25, 0.3) is 11.8 Å². The maximum absolute atomic E-state index is 12.4. The van der Waals surface area contributed by atoms with Crippen LogP contribution in [0.15, 0.2) is 23.4 Å². The number of ether oxygens (including phenoxy) is 2. The van der Waals surface area contributed by atoms with Gasteiger partial charge in [0.05, 0.1) is 12.8 Å². The van der Waals surface area contributed by atoms with Crippen LogP contribution >= 0.6 is 0 Å². The molecule has 1 aliphatic heterocycles. The molecule has 1 fully saturated rings. The van der Waals surface area contributed by atoms with Crippen molar-refractivity contribution in [2.24, 2.45) is 10.9 Å². The highest BCUT2D eigenvalue weighted by Crippen LogP contribution is 2.30. The lowest BCUT2D eigenvalue weighted by molar-refractivity contribution is -0.132. The molecule has 1 aromatic rings. The first kappa shape index (κ1) is 19.0. The minimum Gasteiger partial charge on any atom is -0.493 e. The maximum atomic E-state index is 12.4. The Bertz CT molecular complexity index is 728. The van der Waals surface area contributed by atoms with Crippen LogP contribution < -0.4 is 20.5 Å². The molecule has 1 unspecified atom stereocenters. The zero-order valence-corrected chi connectivity index (χ0v) is 15.4. The number of methoxy groups -OCH3 is 1. The van der Waals surface area contributed by atoms with Crippen LogP contribution in [0, 0.1) is 0 Å². The Morgan fingerprint density at radius 3 is 2.74 bits per heavy atom. The fourth-order valence-corrected chi connectivity index (χ4v) is 3.34. The Balaban J connectivity index is 1.60. The Hall–Kier alpha value is -2.77. The average Bonchev–Trinajstić information content (AvgIpc) is 3.17. The molecule has 1 aliphatic carbocycles. The molecule has 2 amide bonds. The molecule has 3 rings (SSSR count). The monoisotopic (exact) mass is 375 g/mol. The number of hydrogen-bond acceptors (Lipinski definition) is 6. The van der Waals surface area contributed by atoms with Gasteiger partial charge in [0.1, 0.15) is 0 Å². The summed E-state index contributed by atoms with van der Waals surface area (Å²) in [6.07, 6.45) is 5.37. The van der Waals surface area contributed by atoms with Crippen molar-refractivity contribution in [3.8, 4) is 11.5 Å². The second-order valence-electron chi connectivity index (χ2n) is 6.80. The summed E-state index contributed by atoms with van der Waals surface area (Å²) in [5, 5.41) is 7.13. The highest BCUT2D eigenvalue weighted by Gasteiger charge is 2.30. The van der Waals surface area contributed by atoms with E-state index in [0.29, 0.717) is 23.6 Å². The number of nitrogens with one attached hydrogen (secondary N) is 1. The molecular formula is C19H25N3O5. The van der Waals surface area contributed by atoms with E-state index in [1.807, 2.05) is 0 Å². The van der Waals surface area contributed by atoms with Gasteiger partial charge in [0.15, 0.2) is 18.1 Å². The van der Waals surface area contributed by atoms with Gasteiger partial charge in [0.2, 0.25) is 6.10 Å². The molecular weight excluding hydrogens is 350 g/mol. The van der Waals surface area contributed by atoms with E-state index in [1.165, 1.54) is 13.5 Å². The van der Waals surface area contributed by atoms with E-state index >= 15 is 0 Å². The summed E-state index contributed by atoms with van der Waals surface area (Å²) in [6, 6.07) is 5.43. The lowest BCUT2D eigenvalue weighted by Gasteiger charge is -2.23. The van der Waals surface area contributed by atoms with Gasteiger partial charge in [-0.2, -0.15) is 0 Å². The molecule has 1 heterocycles. The van der Waals surface area contributed by atoms with Gasteiger partial charge < -0.3 is 25.4 Å². The largest absolute Gasteiger partial charge is 0.493 e. The van der Waals surface area contributed by atoms with E-state index in [0.717, 1.165) is 31.2 Å². The van der Waals surface area contributed by atoms with Crippen LogP contribution in [-0.2, 0) is 14.4 Å². The van der Waals surface area contributed by atoms with Gasteiger partial charge in [-0.05, 0) is 31.0 Å². The SMILES string of the molecule is COc1cc(C2=NOC(C(=O)NC3CCCCC3)C2)ccc1OCC(N)=O. The molecule has 0 saturated heterocycles. The predicted octanol–water partition coefficient (Wildman–Crippen LogP) is 1.50. The van der Waals surface area contributed by atoms with Crippen LogP contribution in [0.1, 0.15) is 44.1 Å². The van der Waals surface area contributed by atoms with Crippen molar-refractivity contribution in [2.75, 3.05) is 13.7 Å². The topological polar surface area (TPSA) is 112 Å². The molecule has 0 aromatic heterocycles. The number of oxime groups is 1. The third-order valence-electron chi connectivity index (χ3n) is 4.78. The smallest absolute Gasteiger partial charge is 0.264 e. The zero-order valence-electron chi connectivity index (χ0n) is 15.4. The molecule has 0 bridgehead atoms. The van der Waals surface area contributed by atoms with E-state index in [2.05, 4.69) is 10.5 Å². The van der Waals surface area contributed by atoms with Crippen molar-refractivity contribution < 1.29 is 23.9 Å². The minimum atomic E-state index is -0.612. The standard InChI is InChI=1S/C19H25N3O5/c1-25-16-9-12(7-8-15(16)26-11-18(20)23)14-10-17(27-22-14)19(24)21-13-5-3-2-4-6-13/h7-9,13,17H,2-6,10-11H2,1H3,(H2,20,23)(H,21,24). The molecule has 1 aromatic carbocycles. The Kier molecular flexibility index (Phi) is 6.16. The van der Waals surface area contributed by atoms with Crippen molar-refractivity contribution >= 4 is 17.5 Å². The fraction of sp³-hybridized carbons (Fsp3) is 0.526. The van der Waals surface area contributed by atoms with Crippen molar-refractivity contribution in [1.82, 2.24) is 5.32 Å². The number of nitrogens with two attached hydrogens (primary N) is 1. The van der Waals surface area contributed by atoms with E-state index < -0.39 is 12.0 Å². The summed E-state index contributed by atoms with van der Waals surface area (Å²) in [6.45, 7) is -0.233. The first-order valence-electron chi connectivity index (χ1n) is 9.19. The fourth-order valence-electron chi connectivity index (χ4n) is 3.34. The van der Waals surface area contributed by atoms with E-state index in [-0.39, 0.29) is 18.6 Å². The van der Waals surface area contributed by atoms with Gasteiger partial charge >= 0.3 is 0 Å². The number of carbonyl (C=O) groups is 2. The Labute approximate surface area is 158 Å². The second kappa shape index (κ2) is 8.75. The van der Waals surface area contributed by atoms with Crippen LogP contribution in [0.3, 0.4) is 0 Å². The highest BCUT2D eigenvalue weighted by molar-refractivity contribution is 6.04. The summed E-state index contributed by atoms with van der Waals surface area (Å²) >= 11 is 0. The van der Waals surface area contributed by atoms with Crippen molar-refractivity contribution in [3.63, 3.8) is 0 Å². The average molecular weight is 375 g/mol. The second-order valence-corrected chi connectivity index (χ2v) is 6.80. The molecule has 3 N–H and O–H groups in total. The minimum absolute atomic E-state index is 0.117. The molecule has 8 heteroatoms. The maximum Gasteiger partial charge on any atom is 0.264 e. The van der Waals surface area contributed by atoms with Crippen LogP contribution in [0.5, 0.6) is 11.5 Å². The number of carbonyl (C=O) groups excluding carboxylic acids is 2. The van der Waals surface area contributed by atoms with Crippen molar-refractivity contribution in [1.29, 1.82) is 0 Å². The quantitative estimate of drug-likeness (QED) is 0.750. The van der Waals surface area contributed by atoms with E-state index in [4.69, 9.17) is 20.0 Å². The zero-order chi connectivity index (χ0) is 19.2. The third kappa shape index (κ3) is 4.90. The van der Waals surface area contributed by atoms with Crippen LogP contribution in [-0.4, -0.2) is 43.4 Å². The Morgan fingerprint density at radius 2 is 2.04 bits per heavy atom. The summed E-state index contributed by atoms with van der Waals surface area (Å²) in [5.41, 5.74) is 6.53. The summed E-state index contributed by atoms with van der Waals surface area (Å²) in [5.74, 6) is 0.174. The molecule has 1 atom stereocenters. The summed E-state index contributed by atoms with van der Waals surface area (Å²) < 4.78 is 10.6. The molecule has 8 nitrogen and oxygen atoms in total. The molecule has 1 saturated carbocycles. The van der Waals surface area contributed by atoms with Gasteiger partial charge in [-0.1, -0.05) is 24.4 Å². The molecule has 146 valence electrons. The van der Waals surface area contributed by atoms with Gasteiger partial charge in [-0.3, -0.25) is 9.59 Å². The highest BCUT2D eigenvalue weighted by atomic mass is 16.6. The van der Waals surface area contributed by atoms with Crippen LogP contribution in [0.4, 0.5) is 0 Å². The summed E-state index contributed by atoms with van der Waals surface area (Å²) in [7, 11) is 1.50. The van der Waals surface area contributed by atoms with Gasteiger partial charge in [0, 0.05) is 18.0 Å². The summed E-state index contributed by atoms with van der Waals surface area (Å²) in [4.78, 5) is 28.6. The van der Waals surface area contributed by atoms with E-state index in [1.54, 1.807) is 18.2 Å². The molecule has 0 spiro atoms. The lowest BCUT2D eigenvalue weighted by Crippen LogP contribution is -2.42.